The molecule has 1 aromatic rings. The maximum absolute atomic E-state index is 12.3. The summed E-state index contributed by atoms with van der Waals surface area (Å²) in [5, 5.41) is -1.03. The number of alkyl halides is 3. The van der Waals surface area contributed by atoms with Gasteiger partial charge in [-0.1, -0.05) is 17.7 Å². The number of halogens is 4. The molecule has 1 unspecified atom stereocenters. The van der Waals surface area contributed by atoms with Crippen LogP contribution in [0.25, 0.3) is 0 Å². The van der Waals surface area contributed by atoms with E-state index in [9.17, 15) is 8.78 Å². The van der Waals surface area contributed by atoms with Crippen molar-refractivity contribution in [3.63, 3.8) is 0 Å². The third-order valence-electron chi connectivity index (χ3n) is 2.13. The van der Waals surface area contributed by atoms with Gasteiger partial charge < -0.3 is 0 Å². The van der Waals surface area contributed by atoms with E-state index >= 15 is 0 Å². The standard InChI is InChI=1S/C10H10Cl2F2/c1-5-3-7(9(12)10(13)14)8(11)4-6(5)2/h3-4,9-10H,1-2H3. The molecule has 0 spiro atoms. The lowest BCUT2D eigenvalue weighted by Gasteiger charge is -2.12. The molecule has 0 aliphatic rings. The van der Waals surface area contributed by atoms with Gasteiger partial charge in [0.25, 0.3) is 6.43 Å². The van der Waals surface area contributed by atoms with E-state index in [1.807, 2.05) is 13.8 Å². The Hall–Kier alpha value is -0.340. The van der Waals surface area contributed by atoms with Crippen LogP contribution in [0.5, 0.6) is 0 Å². The maximum atomic E-state index is 12.3. The average Bonchev–Trinajstić information content (AvgIpc) is 2.10. The van der Waals surface area contributed by atoms with Gasteiger partial charge in [-0.3, -0.25) is 0 Å². The molecular formula is C10H10Cl2F2. The van der Waals surface area contributed by atoms with Crippen molar-refractivity contribution in [1.82, 2.24) is 0 Å². The summed E-state index contributed by atoms with van der Waals surface area (Å²) in [5.74, 6) is 0. The van der Waals surface area contributed by atoms with Crippen LogP contribution < -0.4 is 0 Å². The van der Waals surface area contributed by atoms with Gasteiger partial charge in [0.2, 0.25) is 0 Å². The van der Waals surface area contributed by atoms with Crippen LogP contribution in [0.3, 0.4) is 0 Å². The maximum Gasteiger partial charge on any atom is 0.258 e. The molecule has 1 aromatic carbocycles. The molecule has 0 bridgehead atoms. The number of hydrogen-bond acceptors (Lipinski definition) is 0. The molecule has 0 aliphatic carbocycles. The van der Waals surface area contributed by atoms with Crippen molar-refractivity contribution in [2.24, 2.45) is 0 Å². The second kappa shape index (κ2) is 4.45. The van der Waals surface area contributed by atoms with Crippen LogP contribution in [0.1, 0.15) is 22.1 Å². The molecular weight excluding hydrogens is 229 g/mol. The molecule has 14 heavy (non-hydrogen) atoms. The van der Waals surface area contributed by atoms with E-state index in [0.717, 1.165) is 11.1 Å². The van der Waals surface area contributed by atoms with Crippen LogP contribution in [0.4, 0.5) is 8.78 Å². The molecule has 0 radical (unpaired) electrons. The fourth-order valence-corrected chi connectivity index (χ4v) is 1.72. The highest BCUT2D eigenvalue weighted by molar-refractivity contribution is 6.33. The Morgan fingerprint density at radius 1 is 1.14 bits per heavy atom. The highest BCUT2D eigenvalue weighted by Gasteiger charge is 2.22. The lowest BCUT2D eigenvalue weighted by atomic mass is 10.0. The summed E-state index contributed by atoms with van der Waals surface area (Å²) in [6.45, 7) is 3.71. The molecule has 4 heteroatoms. The Labute approximate surface area is 91.8 Å². The zero-order valence-corrected chi connectivity index (χ0v) is 9.33. The van der Waals surface area contributed by atoms with Gasteiger partial charge in [-0.2, -0.15) is 0 Å². The van der Waals surface area contributed by atoms with Gasteiger partial charge in [-0.25, -0.2) is 8.78 Å². The minimum Gasteiger partial charge on any atom is -0.208 e. The molecule has 0 nitrogen and oxygen atoms in total. The third kappa shape index (κ3) is 2.37. The molecule has 1 rings (SSSR count). The highest BCUT2D eigenvalue weighted by atomic mass is 35.5. The first-order valence-electron chi connectivity index (χ1n) is 4.12. The molecule has 0 saturated heterocycles. The van der Waals surface area contributed by atoms with E-state index in [2.05, 4.69) is 0 Å². The van der Waals surface area contributed by atoms with Crippen LogP contribution in [0, 0.1) is 13.8 Å². The predicted molar refractivity (Wildman–Crippen MR) is 55.5 cm³/mol. The summed E-state index contributed by atoms with van der Waals surface area (Å²) >= 11 is 11.4. The third-order valence-corrected chi connectivity index (χ3v) is 2.88. The molecule has 0 aromatic heterocycles. The summed E-state index contributed by atoms with van der Waals surface area (Å²) in [7, 11) is 0. The number of hydrogen-bond donors (Lipinski definition) is 0. The largest absolute Gasteiger partial charge is 0.258 e. The van der Waals surface area contributed by atoms with E-state index in [-0.39, 0.29) is 0 Å². The quantitative estimate of drug-likeness (QED) is 0.666. The fourth-order valence-electron chi connectivity index (χ4n) is 1.15. The van der Waals surface area contributed by atoms with Crippen molar-refractivity contribution in [1.29, 1.82) is 0 Å². The van der Waals surface area contributed by atoms with E-state index < -0.39 is 11.8 Å². The second-order valence-corrected chi connectivity index (χ2v) is 4.07. The summed E-state index contributed by atoms with van der Waals surface area (Å²) < 4.78 is 24.7. The van der Waals surface area contributed by atoms with Gasteiger partial charge in [0.1, 0.15) is 5.38 Å². The van der Waals surface area contributed by atoms with Gasteiger partial charge in [-0.15, -0.1) is 11.6 Å². The first kappa shape index (κ1) is 11.7. The van der Waals surface area contributed by atoms with E-state index in [1.165, 1.54) is 0 Å². The second-order valence-electron chi connectivity index (χ2n) is 3.19. The molecule has 78 valence electrons. The Morgan fingerprint density at radius 2 is 1.64 bits per heavy atom. The SMILES string of the molecule is Cc1cc(Cl)c(C(Cl)C(F)F)cc1C. The van der Waals surface area contributed by atoms with Crippen molar-refractivity contribution >= 4 is 23.2 Å². The molecule has 0 saturated carbocycles. The molecule has 0 N–H and O–H groups in total. The van der Waals surface area contributed by atoms with Crippen LogP contribution in [0.2, 0.25) is 5.02 Å². The molecule has 0 aliphatic heterocycles. The Bertz CT molecular complexity index is 337. The van der Waals surface area contributed by atoms with E-state index in [1.54, 1.807) is 12.1 Å². The number of rotatable bonds is 2. The number of benzene rings is 1. The predicted octanol–water partition coefficient (Wildman–Crippen LogP) is 4.50. The van der Waals surface area contributed by atoms with Crippen LogP contribution in [-0.4, -0.2) is 6.43 Å². The Morgan fingerprint density at radius 3 is 2.14 bits per heavy atom. The van der Waals surface area contributed by atoms with Crippen molar-refractivity contribution in [3.05, 3.63) is 33.8 Å². The minimum atomic E-state index is -2.60. The van der Waals surface area contributed by atoms with E-state index in [0.29, 0.717) is 10.6 Å². The van der Waals surface area contributed by atoms with Gasteiger partial charge in [0.15, 0.2) is 0 Å². The van der Waals surface area contributed by atoms with Gasteiger partial charge >= 0.3 is 0 Å². The Kier molecular flexibility index (Phi) is 3.73. The van der Waals surface area contributed by atoms with Crippen LogP contribution >= 0.6 is 23.2 Å². The topological polar surface area (TPSA) is 0 Å². The smallest absolute Gasteiger partial charge is 0.208 e. The highest BCUT2D eigenvalue weighted by Crippen LogP contribution is 2.34. The summed E-state index contributed by atoms with van der Waals surface area (Å²) in [5.41, 5.74) is 2.18. The average molecular weight is 239 g/mol. The zero-order valence-electron chi connectivity index (χ0n) is 7.82. The first-order valence-corrected chi connectivity index (χ1v) is 4.93. The fraction of sp³-hybridized carbons (Fsp3) is 0.400. The van der Waals surface area contributed by atoms with Crippen LogP contribution in [0.15, 0.2) is 12.1 Å². The van der Waals surface area contributed by atoms with Crippen molar-refractivity contribution in [2.45, 2.75) is 25.7 Å². The molecule has 0 heterocycles. The van der Waals surface area contributed by atoms with Crippen molar-refractivity contribution in [2.75, 3.05) is 0 Å². The molecule has 0 amide bonds. The first-order chi connectivity index (χ1) is 6.43. The van der Waals surface area contributed by atoms with Gasteiger partial charge in [-0.05, 0) is 36.6 Å². The van der Waals surface area contributed by atoms with E-state index in [4.69, 9.17) is 23.2 Å². The Balaban J connectivity index is 3.15. The summed E-state index contributed by atoms with van der Waals surface area (Å²) in [6, 6.07) is 3.27. The zero-order chi connectivity index (χ0) is 10.9. The van der Waals surface area contributed by atoms with Gasteiger partial charge in [0, 0.05) is 5.02 Å². The molecule has 0 fully saturated rings. The lowest BCUT2D eigenvalue weighted by molar-refractivity contribution is 0.143. The summed E-state index contributed by atoms with van der Waals surface area (Å²) in [6.07, 6.45) is -2.60. The normalized spacial score (nSPS) is 13.4. The summed E-state index contributed by atoms with van der Waals surface area (Å²) in [4.78, 5) is 0. The monoisotopic (exact) mass is 238 g/mol. The number of aryl methyl sites for hydroxylation is 2. The van der Waals surface area contributed by atoms with Crippen LogP contribution in [-0.2, 0) is 0 Å². The molecule has 1 atom stereocenters. The minimum absolute atomic E-state index is 0.298. The van der Waals surface area contributed by atoms with Gasteiger partial charge in [0.05, 0.1) is 0 Å². The van der Waals surface area contributed by atoms with Crippen molar-refractivity contribution < 1.29 is 8.78 Å². The lowest BCUT2D eigenvalue weighted by Crippen LogP contribution is -2.03. The van der Waals surface area contributed by atoms with Crippen molar-refractivity contribution in [3.8, 4) is 0 Å².